The third-order valence-corrected chi connectivity index (χ3v) is 6.21. The molecule has 0 N–H and O–H groups in total. The maximum absolute atomic E-state index is 6.02. The number of nitrogens with zero attached hydrogens (tertiary/aromatic N) is 7. The van der Waals surface area contributed by atoms with Crippen LogP contribution in [0.2, 0.25) is 0 Å². The van der Waals surface area contributed by atoms with Crippen LogP contribution >= 0.6 is 0 Å². The van der Waals surface area contributed by atoms with Gasteiger partial charge in [-0.05, 0) is 26.7 Å². The lowest BCUT2D eigenvalue weighted by molar-refractivity contribution is 0.0593. The minimum atomic E-state index is 0.274. The Bertz CT molecular complexity index is 884. The third kappa shape index (κ3) is 4.91. The molecule has 30 heavy (non-hydrogen) atoms. The fraction of sp³-hybridized carbons (Fsp3) is 0.682. The Morgan fingerprint density at radius 3 is 2.57 bits per heavy atom. The first-order valence-corrected chi connectivity index (χ1v) is 11.0. The van der Waals surface area contributed by atoms with E-state index in [1.807, 2.05) is 13.2 Å². The van der Waals surface area contributed by atoms with Crippen molar-refractivity contribution in [1.29, 1.82) is 0 Å². The summed E-state index contributed by atoms with van der Waals surface area (Å²) in [4.78, 5) is 16.1. The zero-order chi connectivity index (χ0) is 20.9. The highest BCUT2D eigenvalue weighted by Gasteiger charge is 2.23. The first-order valence-electron chi connectivity index (χ1n) is 11.0. The molecule has 0 saturated carbocycles. The first-order chi connectivity index (χ1) is 14.6. The summed E-state index contributed by atoms with van der Waals surface area (Å²) in [5.74, 6) is 7.48. The lowest BCUT2D eigenvalue weighted by Gasteiger charge is -2.36. The van der Waals surface area contributed by atoms with E-state index in [9.17, 15) is 0 Å². The highest BCUT2D eigenvalue weighted by molar-refractivity contribution is 5.86. The highest BCUT2D eigenvalue weighted by atomic mass is 16.5. The van der Waals surface area contributed by atoms with Crippen LogP contribution in [0.15, 0.2) is 12.5 Å². The molecule has 0 atom stereocenters. The average molecular weight is 412 g/mol. The van der Waals surface area contributed by atoms with Crippen molar-refractivity contribution in [3.63, 3.8) is 0 Å². The number of rotatable bonds is 5. The second-order valence-electron chi connectivity index (χ2n) is 8.46. The number of aryl methyl sites for hydroxylation is 1. The van der Waals surface area contributed by atoms with E-state index in [-0.39, 0.29) is 6.10 Å². The number of fused-ring (bicyclic) bond motifs is 1. The normalized spacial score (nSPS) is 19.4. The summed E-state index contributed by atoms with van der Waals surface area (Å²) in [6.45, 7) is 12.3. The molecule has 0 aliphatic carbocycles. The van der Waals surface area contributed by atoms with Gasteiger partial charge in [0.15, 0.2) is 5.65 Å². The quantitative estimate of drug-likeness (QED) is 0.689. The number of piperidine rings is 1. The minimum Gasteiger partial charge on any atom is -0.365 e. The van der Waals surface area contributed by atoms with Gasteiger partial charge in [-0.1, -0.05) is 11.8 Å². The molecule has 4 rings (SSSR count). The smallest absolute Gasteiger partial charge is 0.163 e. The van der Waals surface area contributed by atoms with Gasteiger partial charge >= 0.3 is 0 Å². The van der Waals surface area contributed by atoms with Crippen LogP contribution in [0.1, 0.15) is 26.7 Å². The van der Waals surface area contributed by atoms with Crippen molar-refractivity contribution >= 4 is 16.9 Å². The van der Waals surface area contributed by atoms with Gasteiger partial charge in [-0.3, -0.25) is 14.5 Å². The lowest BCUT2D eigenvalue weighted by atomic mass is 10.1. The van der Waals surface area contributed by atoms with Crippen molar-refractivity contribution in [2.24, 2.45) is 7.05 Å². The van der Waals surface area contributed by atoms with Crippen molar-refractivity contribution in [1.82, 2.24) is 29.5 Å². The molecule has 0 radical (unpaired) electrons. The maximum atomic E-state index is 6.02. The SMILES string of the molecule is CC(C)N1CCN(CC#CCOC2CCN(c3ncnc4c3cnn4C)CC2)CC1. The molecule has 0 bridgehead atoms. The second kappa shape index (κ2) is 9.73. The van der Waals surface area contributed by atoms with Crippen LogP contribution < -0.4 is 4.90 Å². The molecule has 0 unspecified atom stereocenters. The van der Waals surface area contributed by atoms with E-state index >= 15 is 0 Å². The molecule has 0 amide bonds. The van der Waals surface area contributed by atoms with Crippen LogP contribution in [0.25, 0.3) is 11.0 Å². The van der Waals surface area contributed by atoms with Gasteiger partial charge in [0.25, 0.3) is 0 Å². The van der Waals surface area contributed by atoms with Crippen LogP contribution in [-0.4, -0.2) is 94.1 Å². The number of hydrogen-bond donors (Lipinski definition) is 0. The summed E-state index contributed by atoms with van der Waals surface area (Å²) in [5, 5.41) is 5.32. The summed E-state index contributed by atoms with van der Waals surface area (Å²) >= 11 is 0. The van der Waals surface area contributed by atoms with Crippen LogP contribution in [-0.2, 0) is 11.8 Å². The van der Waals surface area contributed by atoms with Crippen LogP contribution in [0, 0.1) is 11.8 Å². The van der Waals surface area contributed by atoms with E-state index in [0.29, 0.717) is 12.6 Å². The Morgan fingerprint density at radius 2 is 1.83 bits per heavy atom. The van der Waals surface area contributed by atoms with Crippen molar-refractivity contribution < 1.29 is 4.74 Å². The minimum absolute atomic E-state index is 0.274. The molecule has 4 heterocycles. The van der Waals surface area contributed by atoms with Gasteiger partial charge in [0.05, 0.1) is 24.2 Å². The van der Waals surface area contributed by atoms with Crippen molar-refractivity contribution in [2.45, 2.75) is 38.8 Å². The standard InChI is InChI=1S/C22H33N7O/c1-18(2)28-13-11-27(12-14-28)8-4-5-15-30-19-6-9-29(10-7-19)22-20-16-25-26(3)21(20)23-17-24-22/h16-19H,6-15H2,1-3H3. The van der Waals surface area contributed by atoms with Crippen LogP contribution in [0.3, 0.4) is 0 Å². The Labute approximate surface area is 179 Å². The van der Waals surface area contributed by atoms with Gasteiger partial charge < -0.3 is 9.64 Å². The molecule has 8 heteroatoms. The summed E-state index contributed by atoms with van der Waals surface area (Å²) < 4.78 is 7.81. The van der Waals surface area contributed by atoms with Gasteiger partial charge in [0, 0.05) is 52.4 Å². The number of hydrogen-bond acceptors (Lipinski definition) is 7. The molecule has 2 aromatic heterocycles. The largest absolute Gasteiger partial charge is 0.365 e. The molecule has 2 saturated heterocycles. The maximum Gasteiger partial charge on any atom is 0.163 e. The van der Waals surface area contributed by atoms with Crippen molar-refractivity contribution in [2.75, 3.05) is 57.3 Å². The first kappa shape index (κ1) is 21.0. The summed E-state index contributed by atoms with van der Waals surface area (Å²) in [5.41, 5.74) is 0.874. The molecule has 162 valence electrons. The fourth-order valence-corrected chi connectivity index (χ4v) is 4.25. The van der Waals surface area contributed by atoms with Crippen LogP contribution in [0.5, 0.6) is 0 Å². The van der Waals surface area contributed by atoms with E-state index in [1.165, 1.54) is 0 Å². The van der Waals surface area contributed by atoms with Crippen molar-refractivity contribution in [3.8, 4) is 11.8 Å². The fourth-order valence-electron chi connectivity index (χ4n) is 4.25. The Kier molecular flexibility index (Phi) is 6.82. The molecule has 2 aliphatic rings. The summed E-state index contributed by atoms with van der Waals surface area (Å²) in [7, 11) is 1.91. The Morgan fingerprint density at radius 1 is 1.07 bits per heavy atom. The van der Waals surface area contributed by atoms with Gasteiger partial charge in [0.2, 0.25) is 0 Å². The number of aromatic nitrogens is 4. The third-order valence-electron chi connectivity index (χ3n) is 6.21. The van der Waals surface area contributed by atoms with E-state index in [4.69, 9.17) is 4.74 Å². The van der Waals surface area contributed by atoms with Gasteiger partial charge in [-0.15, -0.1) is 0 Å². The molecule has 0 aromatic carbocycles. The molecular weight excluding hydrogens is 378 g/mol. The van der Waals surface area contributed by atoms with Gasteiger partial charge in [-0.25, -0.2) is 9.97 Å². The Balaban J connectivity index is 1.18. The van der Waals surface area contributed by atoms with Gasteiger partial charge in [-0.2, -0.15) is 5.10 Å². The van der Waals surface area contributed by atoms with Gasteiger partial charge in [0.1, 0.15) is 18.8 Å². The van der Waals surface area contributed by atoms with Crippen LogP contribution in [0.4, 0.5) is 5.82 Å². The molecule has 0 spiro atoms. The predicted octanol–water partition coefficient (Wildman–Crippen LogP) is 1.38. The lowest BCUT2D eigenvalue weighted by Crippen LogP contribution is -2.48. The number of piperazine rings is 1. The zero-order valence-corrected chi connectivity index (χ0v) is 18.4. The molecule has 2 fully saturated rings. The number of ether oxygens (including phenoxy) is 1. The number of anilines is 1. The monoisotopic (exact) mass is 411 g/mol. The summed E-state index contributed by atoms with van der Waals surface area (Å²) in [6.07, 6.45) is 5.73. The van der Waals surface area contributed by atoms with E-state index in [0.717, 1.165) is 75.5 Å². The molecule has 2 aromatic rings. The Hall–Kier alpha value is -2.21. The predicted molar refractivity (Wildman–Crippen MR) is 118 cm³/mol. The molecule has 8 nitrogen and oxygen atoms in total. The van der Waals surface area contributed by atoms with E-state index in [2.05, 4.69) is 55.5 Å². The van der Waals surface area contributed by atoms with E-state index < -0.39 is 0 Å². The van der Waals surface area contributed by atoms with Crippen molar-refractivity contribution in [3.05, 3.63) is 12.5 Å². The zero-order valence-electron chi connectivity index (χ0n) is 18.4. The molecule has 2 aliphatic heterocycles. The highest BCUT2D eigenvalue weighted by Crippen LogP contribution is 2.25. The topological polar surface area (TPSA) is 62.6 Å². The summed E-state index contributed by atoms with van der Waals surface area (Å²) in [6, 6.07) is 0.641. The second-order valence-corrected chi connectivity index (χ2v) is 8.46. The average Bonchev–Trinajstić information content (AvgIpc) is 3.15. The van der Waals surface area contributed by atoms with E-state index in [1.54, 1.807) is 11.0 Å². The molecular formula is C22H33N7O.